The second-order valence-corrected chi connectivity index (χ2v) is 6.38. The van der Waals surface area contributed by atoms with Gasteiger partial charge in [-0.15, -0.1) is 0 Å². The van der Waals surface area contributed by atoms with Crippen molar-refractivity contribution in [2.24, 2.45) is 7.05 Å². The van der Waals surface area contributed by atoms with Crippen LogP contribution in [-0.2, 0) is 18.3 Å². The minimum Gasteiger partial charge on any atom is -0.454 e. The summed E-state index contributed by atoms with van der Waals surface area (Å²) in [7, 11) is 1.27. The fourth-order valence-electron chi connectivity index (χ4n) is 2.72. The van der Waals surface area contributed by atoms with Gasteiger partial charge in [-0.1, -0.05) is 24.6 Å². The molecule has 0 saturated carbocycles. The number of aromatic nitrogens is 2. The highest BCUT2D eigenvalue weighted by atomic mass is 16.5. The molecule has 0 bridgehead atoms. The van der Waals surface area contributed by atoms with Crippen LogP contribution in [0.5, 0.6) is 0 Å². The topological polar surface area (TPSA) is 113 Å². The number of rotatable bonds is 6. The summed E-state index contributed by atoms with van der Waals surface area (Å²) in [6, 6.07) is 5.30. The smallest absolute Gasteiger partial charge is 0.338 e. The van der Waals surface area contributed by atoms with Gasteiger partial charge in [0.25, 0.3) is 5.56 Å². The molecule has 144 valence electrons. The summed E-state index contributed by atoms with van der Waals surface area (Å²) < 4.78 is 7.07. The predicted molar refractivity (Wildman–Crippen MR) is 101 cm³/mol. The van der Waals surface area contributed by atoms with Gasteiger partial charge < -0.3 is 10.5 Å². The highest BCUT2D eigenvalue weighted by Crippen LogP contribution is 2.13. The molecule has 8 heteroatoms. The molecular formula is C19H23N3O5. The Kier molecular flexibility index (Phi) is 5.99. The van der Waals surface area contributed by atoms with Gasteiger partial charge in [0.2, 0.25) is 5.78 Å². The van der Waals surface area contributed by atoms with E-state index in [0.29, 0.717) is 17.5 Å². The zero-order valence-corrected chi connectivity index (χ0v) is 15.9. The molecule has 1 aromatic heterocycles. The fraction of sp³-hybridized carbons (Fsp3) is 0.368. The Balaban J connectivity index is 2.31. The largest absolute Gasteiger partial charge is 0.454 e. The highest BCUT2D eigenvalue weighted by Gasteiger charge is 2.23. The molecule has 1 heterocycles. The van der Waals surface area contributed by atoms with E-state index in [0.717, 1.165) is 10.1 Å². The maximum atomic E-state index is 12.5. The van der Waals surface area contributed by atoms with Crippen molar-refractivity contribution in [3.8, 4) is 0 Å². The summed E-state index contributed by atoms with van der Waals surface area (Å²) in [5, 5.41) is 0. The number of esters is 1. The quantitative estimate of drug-likeness (QED) is 0.601. The molecule has 0 fully saturated rings. The molecule has 1 aromatic carbocycles. The van der Waals surface area contributed by atoms with Crippen LogP contribution in [0.1, 0.15) is 45.2 Å². The Morgan fingerprint density at radius 1 is 1.19 bits per heavy atom. The van der Waals surface area contributed by atoms with Crippen molar-refractivity contribution >= 4 is 17.6 Å². The molecule has 0 aliphatic carbocycles. The first-order valence-corrected chi connectivity index (χ1v) is 8.55. The molecule has 2 rings (SSSR count). The average Bonchev–Trinajstić information content (AvgIpc) is 2.63. The Bertz CT molecular complexity index is 1020. The number of aryl methyl sites for hydroxylation is 2. The van der Waals surface area contributed by atoms with Gasteiger partial charge in [-0.25, -0.2) is 9.59 Å². The standard InChI is InChI=1S/C19H23N3O5/c1-5-8-22-16(20)15(17(24)21(4)19(22)26)14(23)10-27-18(25)13-9-11(2)6-7-12(13)3/h6-7,9H,5,8,10,20H2,1-4H3. The lowest BCUT2D eigenvalue weighted by molar-refractivity contribution is 0.0473. The fourth-order valence-corrected chi connectivity index (χ4v) is 2.72. The molecule has 0 amide bonds. The van der Waals surface area contributed by atoms with Crippen molar-refractivity contribution in [2.45, 2.75) is 33.7 Å². The van der Waals surface area contributed by atoms with Gasteiger partial charge in [-0.05, 0) is 31.9 Å². The zero-order chi connectivity index (χ0) is 20.3. The van der Waals surface area contributed by atoms with E-state index in [-0.39, 0.29) is 17.9 Å². The molecule has 0 saturated heterocycles. The summed E-state index contributed by atoms with van der Waals surface area (Å²) >= 11 is 0. The van der Waals surface area contributed by atoms with Crippen LogP contribution in [0, 0.1) is 13.8 Å². The second-order valence-electron chi connectivity index (χ2n) is 6.38. The normalized spacial score (nSPS) is 10.7. The second kappa shape index (κ2) is 8.03. The SMILES string of the molecule is CCCn1c(N)c(C(=O)COC(=O)c2cc(C)ccc2C)c(=O)n(C)c1=O. The molecule has 0 aliphatic rings. The van der Waals surface area contributed by atoms with Gasteiger partial charge >= 0.3 is 11.7 Å². The van der Waals surface area contributed by atoms with Crippen molar-refractivity contribution < 1.29 is 14.3 Å². The lowest BCUT2D eigenvalue weighted by atomic mass is 10.1. The van der Waals surface area contributed by atoms with Crippen molar-refractivity contribution in [2.75, 3.05) is 12.3 Å². The number of ketones is 1. The van der Waals surface area contributed by atoms with Crippen molar-refractivity contribution in [1.82, 2.24) is 9.13 Å². The van der Waals surface area contributed by atoms with Crippen LogP contribution in [0.4, 0.5) is 5.82 Å². The third kappa shape index (κ3) is 3.99. The Morgan fingerprint density at radius 2 is 1.85 bits per heavy atom. The van der Waals surface area contributed by atoms with Crippen molar-refractivity contribution in [3.63, 3.8) is 0 Å². The van der Waals surface area contributed by atoms with E-state index < -0.39 is 29.6 Å². The van der Waals surface area contributed by atoms with Crippen LogP contribution in [0.15, 0.2) is 27.8 Å². The lowest BCUT2D eigenvalue weighted by Crippen LogP contribution is -2.43. The van der Waals surface area contributed by atoms with Gasteiger partial charge in [0.1, 0.15) is 11.4 Å². The van der Waals surface area contributed by atoms with Gasteiger partial charge in [0.15, 0.2) is 6.61 Å². The van der Waals surface area contributed by atoms with E-state index in [4.69, 9.17) is 10.5 Å². The van der Waals surface area contributed by atoms with E-state index in [1.807, 2.05) is 19.9 Å². The highest BCUT2D eigenvalue weighted by molar-refractivity contribution is 6.02. The third-order valence-corrected chi connectivity index (χ3v) is 4.26. The molecule has 0 unspecified atom stereocenters. The molecule has 2 aromatic rings. The number of nitrogens with two attached hydrogens (primary N) is 1. The van der Waals surface area contributed by atoms with Gasteiger partial charge in [-0.3, -0.25) is 18.7 Å². The number of Topliss-reactive ketones (excluding diaryl/α,β-unsaturated/α-hetero) is 1. The minimum atomic E-state index is -0.808. The molecule has 0 aliphatic heterocycles. The first-order chi connectivity index (χ1) is 12.7. The predicted octanol–water partition coefficient (Wildman–Crippen LogP) is 1.20. The number of hydrogen-bond acceptors (Lipinski definition) is 6. The molecule has 2 N–H and O–H groups in total. The van der Waals surface area contributed by atoms with Crippen LogP contribution < -0.4 is 17.0 Å². The summed E-state index contributed by atoms with van der Waals surface area (Å²) in [5.41, 5.74) is 6.08. The van der Waals surface area contributed by atoms with Gasteiger partial charge in [0, 0.05) is 13.6 Å². The number of nitrogens with zero attached hydrogens (tertiary/aromatic N) is 2. The van der Waals surface area contributed by atoms with Crippen LogP contribution in [-0.4, -0.2) is 27.5 Å². The Hall–Kier alpha value is -3.16. The Labute approximate surface area is 156 Å². The lowest BCUT2D eigenvalue weighted by Gasteiger charge is -2.14. The van der Waals surface area contributed by atoms with E-state index in [2.05, 4.69) is 0 Å². The van der Waals surface area contributed by atoms with Crippen molar-refractivity contribution in [1.29, 1.82) is 0 Å². The molecule has 0 spiro atoms. The van der Waals surface area contributed by atoms with Crippen LogP contribution in [0.3, 0.4) is 0 Å². The number of benzene rings is 1. The first kappa shape index (κ1) is 20.2. The number of anilines is 1. The Morgan fingerprint density at radius 3 is 2.48 bits per heavy atom. The van der Waals surface area contributed by atoms with Gasteiger partial charge in [0.05, 0.1) is 5.56 Å². The number of carbonyl (C=O) groups excluding carboxylic acids is 2. The van der Waals surface area contributed by atoms with E-state index in [1.54, 1.807) is 19.1 Å². The van der Waals surface area contributed by atoms with Crippen LogP contribution in [0.2, 0.25) is 0 Å². The zero-order valence-electron chi connectivity index (χ0n) is 15.9. The van der Waals surface area contributed by atoms with E-state index in [9.17, 15) is 19.2 Å². The summed E-state index contributed by atoms with van der Waals surface area (Å²) in [6.07, 6.45) is 0.595. The number of ether oxygens (including phenoxy) is 1. The molecule has 27 heavy (non-hydrogen) atoms. The number of carbonyl (C=O) groups is 2. The molecular weight excluding hydrogens is 350 g/mol. The summed E-state index contributed by atoms with van der Waals surface area (Å²) in [6.45, 7) is 5.05. The molecule has 0 atom stereocenters. The summed E-state index contributed by atoms with van der Waals surface area (Å²) in [4.78, 5) is 49.3. The molecule has 8 nitrogen and oxygen atoms in total. The number of nitrogen functional groups attached to an aromatic ring is 1. The first-order valence-electron chi connectivity index (χ1n) is 8.55. The maximum Gasteiger partial charge on any atom is 0.338 e. The monoisotopic (exact) mass is 373 g/mol. The molecule has 0 radical (unpaired) electrons. The van der Waals surface area contributed by atoms with Crippen molar-refractivity contribution in [3.05, 3.63) is 61.3 Å². The third-order valence-electron chi connectivity index (χ3n) is 4.26. The van der Waals surface area contributed by atoms with Crippen LogP contribution >= 0.6 is 0 Å². The van der Waals surface area contributed by atoms with E-state index >= 15 is 0 Å². The average molecular weight is 373 g/mol. The minimum absolute atomic E-state index is 0.210. The summed E-state index contributed by atoms with van der Waals surface area (Å²) in [5.74, 6) is -1.63. The van der Waals surface area contributed by atoms with Gasteiger partial charge in [-0.2, -0.15) is 0 Å². The van der Waals surface area contributed by atoms with Crippen LogP contribution in [0.25, 0.3) is 0 Å². The van der Waals surface area contributed by atoms with E-state index in [1.165, 1.54) is 11.6 Å². The maximum absolute atomic E-state index is 12.5. The number of hydrogen-bond donors (Lipinski definition) is 1.